The molecule has 4 N–H and O–H groups in total. The Morgan fingerprint density at radius 2 is 2.12 bits per heavy atom. The van der Waals surface area contributed by atoms with Gasteiger partial charge in [0, 0.05) is 12.1 Å². The molecule has 9 heteroatoms. The molecule has 0 bridgehead atoms. The molecule has 1 fully saturated rings. The van der Waals surface area contributed by atoms with Crippen molar-refractivity contribution in [3.8, 4) is 0 Å². The predicted molar refractivity (Wildman–Crippen MR) is 100 cm³/mol. The molecule has 0 saturated heterocycles. The second-order valence-corrected chi connectivity index (χ2v) is 6.69. The van der Waals surface area contributed by atoms with Crippen molar-refractivity contribution >= 4 is 29.9 Å². The molecular formula is C17H21ClN6O2. The summed E-state index contributed by atoms with van der Waals surface area (Å²) in [6, 6.07) is 4.71. The molecule has 1 saturated carbocycles. The summed E-state index contributed by atoms with van der Waals surface area (Å²) < 4.78 is 1.63. The average molecular weight is 377 g/mol. The summed E-state index contributed by atoms with van der Waals surface area (Å²) in [5.41, 5.74) is 6.02. The monoisotopic (exact) mass is 376 g/mol. The minimum absolute atomic E-state index is 0. The Hall–Kier alpha value is -2.61. The zero-order valence-corrected chi connectivity index (χ0v) is 15.2. The van der Waals surface area contributed by atoms with Crippen LogP contribution in [0, 0.1) is 6.92 Å². The van der Waals surface area contributed by atoms with E-state index in [1.54, 1.807) is 16.7 Å². The van der Waals surface area contributed by atoms with Crippen molar-refractivity contribution < 1.29 is 4.79 Å². The molecule has 2 atom stereocenters. The second-order valence-electron chi connectivity index (χ2n) is 6.69. The van der Waals surface area contributed by atoms with Crippen molar-refractivity contribution in [2.24, 2.45) is 0 Å². The van der Waals surface area contributed by atoms with E-state index in [4.69, 9.17) is 5.73 Å². The predicted octanol–water partition coefficient (Wildman–Crippen LogP) is 1.40. The number of carbonyl (C=O) groups excluding carboxylic acids is 1. The van der Waals surface area contributed by atoms with Crippen LogP contribution in [0.3, 0.4) is 0 Å². The molecular weight excluding hydrogens is 356 g/mol. The number of aryl methyl sites for hydroxylation is 1. The molecule has 2 unspecified atom stereocenters. The lowest BCUT2D eigenvalue weighted by Crippen LogP contribution is -2.59. The van der Waals surface area contributed by atoms with Gasteiger partial charge in [-0.2, -0.15) is 0 Å². The highest BCUT2D eigenvalue weighted by molar-refractivity contribution is 5.96. The first-order valence-corrected chi connectivity index (χ1v) is 8.41. The lowest BCUT2D eigenvalue weighted by Gasteiger charge is -2.42. The standard InChI is InChI=1S/C17H20N6O2.ClH/c1-10-5-6-14(24)23-15(10)16(25)22-17(23)7-3-2-4-11(17)21-13-8-12(18)19-9-20-13;/h5-6,8-9,11H,2-4,7H2,1H3,(H,22,25)(H3,18,19,20,21);1H. The van der Waals surface area contributed by atoms with Gasteiger partial charge >= 0.3 is 0 Å². The second kappa shape index (κ2) is 6.60. The molecule has 1 spiro atoms. The number of nitrogens with one attached hydrogen (secondary N) is 2. The summed E-state index contributed by atoms with van der Waals surface area (Å²) >= 11 is 0. The number of hydrogen-bond acceptors (Lipinski definition) is 6. The molecule has 0 radical (unpaired) electrons. The van der Waals surface area contributed by atoms with E-state index in [9.17, 15) is 9.59 Å². The molecule has 26 heavy (non-hydrogen) atoms. The van der Waals surface area contributed by atoms with Gasteiger partial charge in [0.2, 0.25) is 0 Å². The van der Waals surface area contributed by atoms with Gasteiger partial charge in [-0.3, -0.25) is 14.2 Å². The number of fused-ring (bicyclic) bond motifs is 2. The molecule has 0 aromatic carbocycles. The van der Waals surface area contributed by atoms with Crippen LogP contribution in [0.15, 0.2) is 29.3 Å². The number of aromatic nitrogens is 3. The number of amides is 1. The van der Waals surface area contributed by atoms with Crippen molar-refractivity contribution in [1.82, 2.24) is 19.9 Å². The van der Waals surface area contributed by atoms with E-state index >= 15 is 0 Å². The largest absolute Gasteiger partial charge is 0.384 e. The third-order valence-electron chi connectivity index (χ3n) is 5.13. The van der Waals surface area contributed by atoms with E-state index in [0.29, 0.717) is 23.8 Å². The van der Waals surface area contributed by atoms with Crippen molar-refractivity contribution in [3.05, 3.63) is 46.1 Å². The van der Waals surface area contributed by atoms with Crippen LogP contribution < -0.4 is 21.9 Å². The van der Waals surface area contributed by atoms with E-state index in [1.807, 2.05) is 6.92 Å². The SMILES string of the molecule is Cc1ccc(=O)n2c1C(=O)NC21CCCCC1Nc1cc(N)ncn1.Cl. The van der Waals surface area contributed by atoms with Crippen LogP contribution in [0.4, 0.5) is 11.6 Å². The van der Waals surface area contributed by atoms with E-state index in [1.165, 1.54) is 12.4 Å². The molecule has 2 aromatic heterocycles. The van der Waals surface area contributed by atoms with Crippen LogP contribution in [-0.2, 0) is 5.66 Å². The fraction of sp³-hybridized carbons (Fsp3) is 0.412. The summed E-state index contributed by atoms with van der Waals surface area (Å²) in [6.45, 7) is 1.85. The third kappa shape index (κ3) is 2.70. The molecule has 8 nitrogen and oxygen atoms in total. The molecule has 2 aromatic rings. The van der Waals surface area contributed by atoms with E-state index < -0.39 is 5.66 Å². The summed E-state index contributed by atoms with van der Waals surface area (Å²) in [7, 11) is 0. The minimum atomic E-state index is -0.784. The van der Waals surface area contributed by atoms with Gasteiger partial charge in [0.1, 0.15) is 29.3 Å². The van der Waals surface area contributed by atoms with E-state index in [0.717, 1.165) is 24.8 Å². The van der Waals surface area contributed by atoms with Crippen molar-refractivity contribution in [1.29, 1.82) is 0 Å². The lowest BCUT2D eigenvalue weighted by molar-refractivity contribution is 0.0852. The quantitative estimate of drug-likeness (QED) is 0.729. The van der Waals surface area contributed by atoms with Gasteiger partial charge < -0.3 is 16.4 Å². The van der Waals surface area contributed by atoms with Crippen LogP contribution in [-0.4, -0.2) is 26.5 Å². The number of rotatable bonds is 2. The summed E-state index contributed by atoms with van der Waals surface area (Å²) in [5, 5.41) is 6.45. The van der Waals surface area contributed by atoms with Crippen molar-refractivity contribution in [3.63, 3.8) is 0 Å². The number of pyridine rings is 1. The number of hydrogen-bond donors (Lipinski definition) is 3. The normalized spacial score (nSPS) is 23.9. The van der Waals surface area contributed by atoms with Crippen LogP contribution in [0.2, 0.25) is 0 Å². The van der Waals surface area contributed by atoms with Gasteiger partial charge in [0.15, 0.2) is 0 Å². The van der Waals surface area contributed by atoms with Gasteiger partial charge in [-0.25, -0.2) is 9.97 Å². The van der Waals surface area contributed by atoms with Crippen molar-refractivity contribution in [2.75, 3.05) is 11.1 Å². The van der Waals surface area contributed by atoms with Crippen LogP contribution >= 0.6 is 12.4 Å². The van der Waals surface area contributed by atoms with Gasteiger partial charge in [-0.15, -0.1) is 12.4 Å². The maximum Gasteiger partial charge on any atom is 0.270 e. The Morgan fingerprint density at radius 3 is 2.88 bits per heavy atom. The Kier molecular flexibility index (Phi) is 4.62. The Morgan fingerprint density at radius 1 is 1.31 bits per heavy atom. The van der Waals surface area contributed by atoms with Gasteiger partial charge in [-0.1, -0.05) is 12.5 Å². The van der Waals surface area contributed by atoms with Crippen molar-refractivity contribution in [2.45, 2.75) is 44.3 Å². The number of nitrogens with zero attached hydrogens (tertiary/aromatic N) is 3. The lowest BCUT2D eigenvalue weighted by atomic mass is 9.84. The average Bonchev–Trinajstić information content (AvgIpc) is 2.88. The fourth-order valence-corrected chi connectivity index (χ4v) is 4.02. The van der Waals surface area contributed by atoms with E-state index in [2.05, 4.69) is 20.6 Å². The van der Waals surface area contributed by atoms with Crippen LogP contribution in [0.5, 0.6) is 0 Å². The molecule has 138 valence electrons. The minimum Gasteiger partial charge on any atom is -0.384 e. The molecule has 4 rings (SSSR count). The molecule has 1 amide bonds. The number of halogens is 1. The summed E-state index contributed by atoms with van der Waals surface area (Å²) in [5.74, 6) is 0.750. The highest BCUT2D eigenvalue weighted by atomic mass is 35.5. The zero-order chi connectivity index (χ0) is 17.6. The summed E-state index contributed by atoms with van der Waals surface area (Å²) in [4.78, 5) is 33.3. The number of nitrogens with two attached hydrogens (primary N) is 1. The summed E-state index contributed by atoms with van der Waals surface area (Å²) in [6.07, 6.45) is 4.83. The number of nitrogen functional groups attached to an aromatic ring is 1. The van der Waals surface area contributed by atoms with Crippen LogP contribution in [0.25, 0.3) is 0 Å². The van der Waals surface area contributed by atoms with E-state index in [-0.39, 0.29) is 29.9 Å². The topological polar surface area (TPSA) is 115 Å². The zero-order valence-electron chi connectivity index (χ0n) is 14.4. The Labute approximate surface area is 156 Å². The molecule has 1 aliphatic carbocycles. The first kappa shape index (κ1) is 18.2. The maximum absolute atomic E-state index is 12.6. The smallest absolute Gasteiger partial charge is 0.270 e. The maximum atomic E-state index is 12.6. The fourth-order valence-electron chi connectivity index (χ4n) is 4.02. The van der Waals surface area contributed by atoms with Gasteiger partial charge in [0.25, 0.3) is 11.5 Å². The van der Waals surface area contributed by atoms with Gasteiger partial charge in [0.05, 0.1) is 6.04 Å². The Balaban J connectivity index is 0.00000196. The highest BCUT2D eigenvalue weighted by Crippen LogP contribution is 2.38. The number of carbonyl (C=O) groups is 1. The first-order chi connectivity index (χ1) is 12.0. The molecule has 1 aliphatic heterocycles. The third-order valence-corrected chi connectivity index (χ3v) is 5.13. The molecule has 3 heterocycles. The van der Waals surface area contributed by atoms with Crippen LogP contribution in [0.1, 0.15) is 41.7 Å². The highest BCUT2D eigenvalue weighted by Gasteiger charge is 2.50. The van der Waals surface area contributed by atoms with Gasteiger partial charge in [-0.05, 0) is 31.7 Å². The first-order valence-electron chi connectivity index (χ1n) is 8.41. The number of anilines is 2. The Bertz CT molecular complexity index is 914. The molecule has 2 aliphatic rings.